The molecule has 1 heterocycles. The number of sulfonamides is 1. The first-order valence-corrected chi connectivity index (χ1v) is 15.1. The van der Waals surface area contributed by atoms with E-state index in [0.29, 0.717) is 29.6 Å². The molecular formula is C28H32N6O3S2. The molecule has 3 aromatic carbocycles. The van der Waals surface area contributed by atoms with Gasteiger partial charge in [-0.15, -0.1) is 10.2 Å². The minimum Gasteiger partial charge on any atom is -0.378 e. The SMILES string of the molecule is CCC(C)NS(=O)(=O)c1ccc(NC(=O)CSc2nnc(CNc3ccc(C)cc3)n2-c2ccccc2)cc1. The van der Waals surface area contributed by atoms with Crippen LogP contribution in [0.3, 0.4) is 0 Å². The summed E-state index contributed by atoms with van der Waals surface area (Å²) >= 11 is 1.27. The summed E-state index contributed by atoms with van der Waals surface area (Å²) in [6.45, 7) is 6.22. The molecule has 3 N–H and O–H groups in total. The van der Waals surface area contributed by atoms with Crippen LogP contribution < -0.4 is 15.4 Å². The Hall–Kier alpha value is -3.67. The van der Waals surface area contributed by atoms with Gasteiger partial charge in [-0.05, 0) is 68.8 Å². The van der Waals surface area contributed by atoms with Gasteiger partial charge in [0.15, 0.2) is 11.0 Å². The maximum Gasteiger partial charge on any atom is 0.240 e. The molecule has 1 aromatic heterocycles. The van der Waals surface area contributed by atoms with E-state index in [1.807, 2.05) is 79.9 Å². The van der Waals surface area contributed by atoms with Crippen LogP contribution in [0.5, 0.6) is 0 Å². The number of nitrogens with zero attached hydrogens (tertiary/aromatic N) is 3. The predicted octanol–water partition coefficient (Wildman–Crippen LogP) is 5.00. The summed E-state index contributed by atoms with van der Waals surface area (Å²) in [6, 6.07) is 23.8. The first-order chi connectivity index (χ1) is 18.7. The Bertz CT molecular complexity index is 1490. The highest BCUT2D eigenvalue weighted by atomic mass is 32.2. The molecule has 4 aromatic rings. The molecule has 204 valence electrons. The van der Waals surface area contributed by atoms with Crippen molar-refractivity contribution < 1.29 is 13.2 Å². The first kappa shape index (κ1) is 28.3. The number of aromatic nitrogens is 3. The number of carbonyl (C=O) groups is 1. The molecule has 0 aliphatic rings. The number of amides is 1. The smallest absolute Gasteiger partial charge is 0.240 e. The standard InChI is InChI=1S/C28H32N6O3S2/c1-4-21(3)33-39(36,37)25-16-14-23(15-17-25)30-27(35)19-38-28-32-31-26(34(28)24-8-6-5-7-9-24)18-29-22-12-10-20(2)11-13-22/h5-17,21,29,33H,4,18-19H2,1-3H3,(H,30,35). The summed E-state index contributed by atoms with van der Waals surface area (Å²) in [5.41, 5.74) is 3.57. The van der Waals surface area contributed by atoms with E-state index in [1.165, 1.54) is 29.5 Å². The van der Waals surface area contributed by atoms with Crippen LogP contribution in [0, 0.1) is 6.92 Å². The molecular weight excluding hydrogens is 532 g/mol. The molecule has 1 atom stereocenters. The van der Waals surface area contributed by atoms with E-state index in [2.05, 4.69) is 25.6 Å². The average molecular weight is 565 g/mol. The first-order valence-electron chi connectivity index (χ1n) is 12.6. The Morgan fingerprint density at radius 3 is 2.28 bits per heavy atom. The monoisotopic (exact) mass is 564 g/mol. The van der Waals surface area contributed by atoms with Gasteiger partial charge in [0.05, 0.1) is 17.2 Å². The predicted molar refractivity (Wildman–Crippen MR) is 156 cm³/mol. The zero-order chi connectivity index (χ0) is 27.8. The molecule has 39 heavy (non-hydrogen) atoms. The van der Waals surface area contributed by atoms with Gasteiger partial charge in [-0.1, -0.05) is 54.6 Å². The normalized spacial score (nSPS) is 12.2. The molecule has 0 bridgehead atoms. The van der Waals surface area contributed by atoms with E-state index < -0.39 is 10.0 Å². The van der Waals surface area contributed by atoms with Crippen LogP contribution in [0.4, 0.5) is 11.4 Å². The van der Waals surface area contributed by atoms with Gasteiger partial charge in [-0.2, -0.15) is 0 Å². The molecule has 4 rings (SSSR count). The van der Waals surface area contributed by atoms with E-state index in [4.69, 9.17) is 0 Å². The molecule has 0 spiro atoms. The van der Waals surface area contributed by atoms with E-state index in [1.54, 1.807) is 12.1 Å². The Kier molecular flexibility index (Phi) is 9.39. The highest BCUT2D eigenvalue weighted by Gasteiger charge is 2.18. The third-order valence-corrected chi connectivity index (χ3v) is 8.50. The summed E-state index contributed by atoms with van der Waals surface area (Å²) in [4.78, 5) is 12.9. The number of benzene rings is 3. The van der Waals surface area contributed by atoms with Crippen molar-refractivity contribution in [2.75, 3.05) is 16.4 Å². The van der Waals surface area contributed by atoms with E-state index in [-0.39, 0.29) is 22.6 Å². The number of thioether (sulfide) groups is 1. The van der Waals surface area contributed by atoms with Crippen molar-refractivity contribution >= 4 is 39.1 Å². The minimum atomic E-state index is -3.61. The molecule has 9 nitrogen and oxygen atoms in total. The average Bonchev–Trinajstić information content (AvgIpc) is 3.35. The van der Waals surface area contributed by atoms with Gasteiger partial charge in [-0.25, -0.2) is 13.1 Å². The Balaban J connectivity index is 1.41. The van der Waals surface area contributed by atoms with Crippen LogP contribution in [0.1, 0.15) is 31.7 Å². The largest absolute Gasteiger partial charge is 0.378 e. The number of anilines is 2. The van der Waals surface area contributed by atoms with Gasteiger partial charge < -0.3 is 10.6 Å². The second-order valence-electron chi connectivity index (χ2n) is 9.08. The van der Waals surface area contributed by atoms with Gasteiger partial charge in [0, 0.05) is 23.1 Å². The van der Waals surface area contributed by atoms with Crippen molar-refractivity contribution in [1.29, 1.82) is 0 Å². The van der Waals surface area contributed by atoms with Crippen molar-refractivity contribution in [3.63, 3.8) is 0 Å². The van der Waals surface area contributed by atoms with Crippen LogP contribution >= 0.6 is 11.8 Å². The van der Waals surface area contributed by atoms with Crippen LogP contribution in [0.25, 0.3) is 5.69 Å². The van der Waals surface area contributed by atoms with Crippen molar-refractivity contribution in [2.24, 2.45) is 0 Å². The van der Waals surface area contributed by atoms with Crippen molar-refractivity contribution in [1.82, 2.24) is 19.5 Å². The van der Waals surface area contributed by atoms with Gasteiger partial charge in [0.2, 0.25) is 15.9 Å². The fourth-order valence-corrected chi connectivity index (χ4v) is 5.76. The van der Waals surface area contributed by atoms with E-state index >= 15 is 0 Å². The summed E-state index contributed by atoms with van der Waals surface area (Å²) in [5.74, 6) is 0.578. The number of aryl methyl sites for hydroxylation is 1. The topological polar surface area (TPSA) is 118 Å². The number of hydrogen-bond acceptors (Lipinski definition) is 7. The molecule has 1 amide bonds. The Labute approximate surface area is 233 Å². The number of hydrogen-bond donors (Lipinski definition) is 3. The molecule has 0 saturated heterocycles. The summed E-state index contributed by atoms with van der Waals surface area (Å²) in [6.07, 6.45) is 0.688. The molecule has 1 unspecified atom stereocenters. The second-order valence-corrected chi connectivity index (χ2v) is 11.7. The second kappa shape index (κ2) is 12.9. The summed E-state index contributed by atoms with van der Waals surface area (Å²) < 4.78 is 29.5. The molecule has 0 fully saturated rings. The van der Waals surface area contributed by atoms with Crippen molar-refractivity contribution in [3.8, 4) is 5.69 Å². The highest BCUT2D eigenvalue weighted by molar-refractivity contribution is 7.99. The fourth-order valence-electron chi connectivity index (χ4n) is 3.66. The number of nitrogens with one attached hydrogen (secondary N) is 3. The van der Waals surface area contributed by atoms with Crippen LogP contribution in [-0.2, 0) is 21.4 Å². The summed E-state index contributed by atoms with van der Waals surface area (Å²) in [7, 11) is -3.61. The number of rotatable bonds is 12. The lowest BCUT2D eigenvalue weighted by atomic mass is 10.2. The number of para-hydroxylation sites is 1. The molecule has 0 radical (unpaired) electrons. The van der Waals surface area contributed by atoms with E-state index in [0.717, 1.165) is 11.4 Å². The van der Waals surface area contributed by atoms with Crippen LogP contribution in [-0.4, -0.2) is 40.9 Å². The van der Waals surface area contributed by atoms with Crippen LogP contribution in [0.15, 0.2) is 88.9 Å². The third-order valence-electron chi connectivity index (χ3n) is 5.97. The van der Waals surface area contributed by atoms with Gasteiger partial charge in [-0.3, -0.25) is 9.36 Å². The fraction of sp³-hybridized carbons (Fsp3) is 0.250. The zero-order valence-corrected chi connectivity index (χ0v) is 23.7. The third kappa shape index (κ3) is 7.69. The molecule has 11 heteroatoms. The Morgan fingerprint density at radius 1 is 0.949 bits per heavy atom. The molecule has 0 saturated carbocycles. The summed E-state index contributed by atoms with van der Waals surface area (Å²) in [5, 5.41) is 15.5. The highest BCUT2D eigenvalue weighted by Crippen LogP contribution is 2.23. The van der Waals surface area contributed by atoms with Crippen molar-refractivity contribution in [2.45, 2.75) is 49.8 Å². The van der Waals surface area contributed by atoms with E-state index in [9.17, 15) is 13.2 Å². The maximum atomic E-state index is 12.7. The molecule has 0 aliphatic carbocycles. The molecule has 0 aliphatic heterocycles. The van der Waals surface area contributed by atoms with Gasteiger partial charge in [0.25, 0.3) is 0 Å². The zero-order valence-electron chi connectivity index (χ0n) is 22.1. The lowest BCUT2D eigenvalue weighted by Crippen LogP contribution is -2.31. The number of carbonyl (C=O) groups excluding carboxylic acids is 1. The Morgan fingerprint density at radius 2 is 1.62 bits per heavy atom. The maximum absolute atomic E-state index is 12.7. The lowest BCUT2D eigenvalue weighted by molar-refractivity contribution is -0.113. The lowest BCUT2D eigenvalue weighted by Gasteiger charge is -2.13. The minimum absolute atomic E-state index is 0.103. The van der Waals surface area contributed by atoms with Crippen molar-refractivity contribution in [3.05, 3.63) is 90.3 Å². The van der Waals surface area contributed by atoms with Gasteiger partial charge in [0.1, 0.15) is 0 Å². The van der Waals surface area contributed by atoms with Gasteiger partial charge >= 0.3 is 0 Å². The van der Waals surface area contributed by atoms with Crippen LogP contribution in [0.2, 0.25) is 0 Å². The quantitative estimate of drug-likeness (QED) is 0.207.